The fourth-order valence-electron chi connectivity index (χ4n) is 0.591. The summed E-state index contributed by atoms with van der Waals surface area (Å²) < 4.78 is 0. The average Bonchev–Trinajstić information content (AvgIpc) is 1.82. The lowest BCUT2D eigenvalue weighted by molar-refractivity contribution is -0.129. The van der Waals surface area contributed by atoms with Crippen molar-refractivity contribution in [1.82, 2.24) is 4.90 Å². The third-order valence-corrected chi connectivity index (χ3v) is 1.68. The Morgan fingerprint density at radius 3 is 1.82 bits per heavy atom. The first-order valence-electron chi connectivity index (χ1n) is 3.70. The van der Waals surface area contributed by atoms with E-state index in [0.717, 1.165) is 0 Å². The zero-order chi connectivity index (χ0) is 9.23. The summed E-state index contributed by atoms with van der Waals surface area (Å²) in [5.41, 5.74) is 0.471. The summed E-state index contributed by atoms with van der Waals surface area (Å²) in [4.78, 5) is 13.0. The predicted octanol–water partition coefficient (Wildman–Crippen LogP) is 1.82. The summed E-state index contributed by atoms with van der Waals surface area (Å²) in [6, 6.07) is 0. The van der Waals surface area contributed by atoms with E-state index in [1.54, 1.807) is 18.9 Å². The molecule has 0 saturated heterocycles. The predicted molar refractivity (Wildman–Crippen MR) is 47.3 cm³/mol. The van der Waals surface area contributed by atoms with Gasteiger partial charge in [-0.2, -0.15) is 0 Å². The molecule has 0 aromatic carbocycles. The molecule has 0 N–H and O–H groups in total. The number of nitrogens with zero attached hydrogens (tertiary/aromatic N) is 1. The maximum absolute atomic E-state index is 11.3. The molecule has 2 heteroatoms. The molecule has 2 nitrogen and oxygen atoms in total. The van der Waals surface area contributed by atoms with E-state index < -0.39 is 0 Å². The van der Waals surface area contributed by atoms with Crippen LogP contribution in [0.4, 0.5) is 0 Å². The Bertz CT molecular complexity index is 176. The van der Waals surface area contributed by atoms with Gasteiger partial charge in [-0.1, -0.05) is 6.58 Å². The highest BCUT2D eigenvalue weighted by molar-refractivity contribution is 5.92. The number of likely N-dealkylation sites (N-methyl/N-ethyl adjacent to an activating group) is 1. The van der Waals surface area contributed by atoms with Gasteiger partial charge in [0, 0.05) is 18.2 Å². The van der Waals surface area contributed by atoms with Gasteiger partial charge in [0.2, 0.25) is 5.91 Å². The van der Waals surface area contributed by atoms with Crippen LogP contribution in [0.15, 0.2) is 12.2 Å². The van der Waals surface area contributed by atoms with Crippen LogP contribution >= 0.6 is 0 Å². The zero-order valence-corrected chi connectivity index (χ0v) is 8.06. The van der Waals surface area contributed by atoms with Crippen LogP contribution in [0.2, 0.25) is 0 Å². The monoisotopic (exact) mass is 155 g/mol. The van der Waals surface area contributed by atoms with Crippen LogP contribution in [-0.2, 0) is 4.79 Å². The molecule has 0 bridgehead atoms. The van der Waals surface area contributed by atoms with Crippen LogP contribution in [0.1, 0.15) is 27.7 Å². The van der Waals surface area contributed by atoms with E-state index >= 15 is 0 Å². The molecule has 0 aliphatic rings. The molecule has 0 aliphatic carbocycles. The first-order chi connectivity index (χ1) is 4.76. The summed E-state index contributed by atoms with van der Waals surface area (Å²) >= 11 is 0. The number of hydrogen-bond acceptors (Lipinski definition) is 1. The maximum atomic E-state index is 11.3. The number of amides is 1. The molecule has 11 heavy (non-hydrogen) atoms. The first-order valence-corrected chi connectivity index (χ1v) is 3.70. The molecule has 0 unspecified atom stereocenters. The van der Waals surface area contributed by atoms with E-state index in [1.165, 1.54) is 0 Å². The lowest BCUT2D eigenvalue weighted by atomic mass is 10.1. The Kier molecular flexibility index (Phi) is 2.85. The van der Waals surface area contributed by atoms with E-state index in [4.69, 9.17) is 0 Å². The smallest absolute Gasteiger partial charge is 0.249 e. The second-order valence-corrected chi connectivity index (χ2v) is 3.82. The van der Waals surface area contributed by atoms with Gasteiger partial charge in [0.15, 0.2) is 0 Å². The van der Waals surface area contributed by atoms with Gasteiger partial charge in [0.1, 0.15) is 0 Å². The molecule has 1 amide bonds. The van der Waals surface area contributed by atoms with Gasteiger partial charge in [-0.25, -0.2) is 0 Å². The molecular weight excluding hydrogens is 138 g/mol. The summed E-state index contributed by atoms with van der Waals surface area (Å²) in [6.07, 6.45) is 0. The van der Waals surface area contributed by atoms with Gasteiger partial charge in [0.25, 0.3) is 0 Å². The van der Waals surface area contributed by atoms with Crippen molar-refractivity contribution in [1.29, 1.82) is 0 Å². The molecule has 0 saturated carbocycles. The Morgan fingerprint density at radius 2 is 1.73 bits per heavy atom. The van der Waals surface area contributed by atoms with Gasteiger partial charge in [-0.15, -0.1) is 0 Å². The molecule has 0 rings (SSSR count). The highest BCUT2D eigenvalue weighted by Crippen LogP contribution is 2.12. The Balaban J connectivity index is 4.38. The highest BCUT2D eigenvalue weighted by atomic mass is 16.2. The summed E-state index contributed by atoms with van der Waals surface area (Å²) in [7, 11) is 1.79. The van der Waals surface area contributed by atoms with Crippen molar-refractivity contribution in [2.45, 2.75) is 33.2 Å². The molecule has 0 aliphatic heterocycles. The minimum Gasteiger partial charge on any atom is -0.337 e. The lowest BCUT2D eigenvalue weighted by Gasteiger charge is -2.32. The van der Waals surface area contributed by atoms with Crippen LogP contribution < -0.4 is 0 Å². The second-order valence-electron chi connectivity index (χ2n) is 3.82. The lowest BCUT2D eigenvalue weighted by Crippen LogP contribution is -2.42. The van der Waals surface area contributed by atoms with Crippen molar-refractivity contribution in [2.75, 3.05) is 7.05 Å². The Morgan fingerprint density at radius 1 is 1.36 bits per heavy atom. The first kappa shape index (κ1) is 10.2. The maximum Gasteiger partial charge on any atom is 0.249 e. The van der Waals surface area contributed by atoms with Crippen LogP contribution in [0.3, 0.4) is 0 Å². The largest absolute Gasteiger partial charge is 0.337 e. The fourth-order valence-corrected chi connectivity index (χ4v) is 0.591. The molecule has 0 radical (unpaired) electrons. The van der Waals surface area contributed by atoms with E-state index in [-0.39, 0.29) is 11.4 Å². The van der Waals surface area contributed by atoms with Crippen molar-refractivity contribution in [3.8, 4) is 0 Å². The number of carbonyl (C=O) groups excluding carboxylic acids is 1. The second kappa shape index (κ2) is 3.07. The molecule has 0 fully saturated rings. The van der Waals surface area contributed by atoms with Crippen LogP contribution in [0, 0.1) is 0 Å². The minimum absolute atomic E-state index is 0.0116. The van der Waals surface area contributed by atoms with Gasteiger partial charge >= 0.3 is 0 Å². The summed E-state index contributed by atoms with van der Waals surface area (Å²) in [6.45, 7) is 11.3. The Hall–Kier alpha value is -0.790. The minimum atomic E-state index is -0.115. The molecule has 0 heterocycles. The SMILES string of the molecule is C=C(C)C(=O)N(C)C(C)(C)C. The zero-order valence-electron chi connectivity index (χ0n) is 8.06. The normalized spacial score (nSPS) is 11.0. The highest BCUT2D eigenvalue weighted by Gasteiger charge is 2.21. The van der Waals surface area contributed by atoms with Crippen molar-refractivity contribution in [2.24, 2.45) is 0 Å². The van der Waals surface area contributed by atoms with E-state index in [1.807, 2.05) is 20.8 Å². The van der Waals surface area contributed by atoms with E-state index in [2.05, 4.69) is 6.58 Å². The van der Waals surface area contributed by atoms with Gasteiger partial charge in [-0.05, 0) is 27.7 Å². The number of rotatable bonds is 1. The molecule has 0 aromatic rings. The Labute approximate surface area is 68.9 Å². The number of carbonyl (C=O) groups is 1. The molecule has 0 spiro atoms. The van der Waals surface area contributed by atoms with Crippen LogP contribution in [0.5, 0.6) is 0 Å². The van der Waals surface area contributed by atoms with Gasteiger partial charge in [-0.3, -0.25) is 4.79 Å². The number of hydrogen-bond donors (Lipinski definition) is 0. The van der Waals surface area contributed by atoms with Crippen molar-refractivity contribution in [3.63, 3.8) is 0 Å². The fraction of sp³-hybridized carbons (Fsp3) is 0.667. The van der Waals surface area contributed by atoms with E-state index in [9.17, 15) is 4.79 Å². The third-order valence-electron chi connectivity index (χ3n) is 1.68. The summed E-state index contributed by atoms with van der Waals surface area (Å²) in [5, 5.41) is 0. The molecule has 0 atom stereocenters. The van der Waals surface area contributed by atoms with Crippen molar-refractivity contribution >= 4 is 5.91 Å². The van der Waals surface area contributed by atoms with E-state index in [0.29, 0.717) is 5.57 Å². The van der Waals surface area contributed by atoms with Crippen molar-refractivity contribution < 1.29 is 4.79 Å². The quantitative estimate of drug-likeness (QED) is 0.529. The van der Waals surface area contributed by atoms with Gasteiger partial charge < -0.3 is 4.90 Å². The van der Waals surface area contributed by atoms with Crippen LogP contribution in [0.25, 0.3) is 0 Å². The third kappa shape index (κ3) is 2.74. The standard InChI is InChI=1S/C9H17NO/c1-7(2)8(11)10(6)9(3,4)5/h1H2,2-6H3. The molecule has 0 aromatic heterocycles. The topological polar surface area (TPSA) is 20.3 Å². The van der Waals surface area contributed by atoms with Crippen LogP contribution in [-0.4, -0.2) is 23.4 Å². The summed E-state index contributed by atoms with van der Waals surface area (Å²) in [5.74, 6) is 0.0116. The molecule has 64 valence electrons. The van der Waals surface area contributed by atoms with Crippen molar-refractivity contribution in [3.05, 3.63) is 12.2 Å². The average molecular weight is 155 g/mol. The molecular formula is C9H17NO. The van der Waals surface area contributed by atoms with Gasteiger partial charge in [0.05, 0.1) is 0 Å².